The van der Waals surface area contributed by atoms with Crippen molar-refractivity contribution in [2.45, 2.75) is 26.1 Å². The van der Waals surface area contributed by atoms with Gasteiger partial charge < -0.3 is 15.0 Å². The van der Waals surface area contributed by atoms with Crippen molar-refractivity contribution in [3.05, 3.63) is 42.6 Å². The average Bonchev–Trinajstić information content (AvgIpc) is 2.55. The zero-order valence-corrected chi connectivity index (χ0v) is 13.1. The first-order chi connectivity index (χ1) is 11.1. The topological polar surface area (TPSA) is 80.2 Å². The van der Waals surface area contributed by atoms with Gasteiger partial charge >= 0.3 is 0 Å². The molecule has 2 aromatic rings. The van der Waals surface area contributed by atoms with E-state index < -0.39 is 0 Å². The van der Waals surface area contributed by atoms with Gasteiger partial charge in [0.05, 0.1) is 30.3 Å². The SMILES string of the molecule is C[C@H]1CN(c2ccc(NC(=O)c3cnccn3)cn2)C[C@H](C)O1. The first-order valence-corrected chi connectivity index (χ1v) is 7.55. The number of ether oxygens (including phenoxy) is 1. The number of aromatic nitrogens is 3. The molecule has 0 aliphatic carbocycles. The fourth-order valence-electron chi connectivity index (χ4n) is 2.62. The molecular formula is C16H19N5O2. The first kappa shape index (κ1) is 15.4. The number of nitrogens with zero attached hydrogens (tertiary/aromatic N) is 4. The highest BCUT2D eigenvalue weighted by Crippen LogP contribution is 2.19. The molecule has 1 aliphatic rings. The number of morpholine rings is 1. The Bertz CT molecular complexity index is 652. The van der Waals surface area contributed by atoms with Gasteiger partial charge in [-0.2, -0.15) is 0 Å². The van der Waals surface area contributed by atoms with Crippen LogP contribution in [0.1, 0.15) is 24.3 Å². The van der Waals surface area contributed by atoms with Crippen LogP contribution in [-0.4, -0.2) is 46.2 Å². The zero-order chi connectivity index (χ0) is 16.2. The summed E-state index contributed by atoms with van der Waals surface area (Å²) >= 11 is 0. The fourth-order valence-corrected chi connectivity index (χ4v) is 2.62. The highest BCUT2D eigenvalue weighted by molar-refractivity contribution is 6.02. The Hall–Kier alpha value is -2.54. The lowest BCUT2D eigenvalue weighted by atomic mass is 10.2. The maximum absolute atomic E-state index is 12.0. The molecule has 0 radical (unpaired) electrons. The molecule has 3 rings (SSSR count). The number of pyridine rings is 1. The third-order valence-corrected chi connectivity index (χ3v) is 3.55. The Labute approximate surface area is 134 Å². The van der Waals surface area contributed by atoms with Gasteiger partial charge in [0, 0.05) is 25.5 Å². The summed E-state index contributed by atoms with van der Waals surface area (Å²) in [5.74, 6) is 0.575. The second-order valence-electron chi connectivity index (χ2n) is 5.61. The molecule has 3 heterocycles. The molecular weight excluding hydrogens is 294 g/mol. The minimum Gasteiger partial charge on any atom is -0.372 e. The lowest BCUT2D eigenvalue weighted by Crippen LogP contribution is -2.45. The quantitative estimate of drug-likeness (QED) is 0.929. The van der Waals surface area contributed by atoms with E-state index in [-0.39, 0.29) is 23.8 Å². The summed E-state index contributed by atoms with van der Waals surface area (Å²) in [6.45, 7) is 5.72. The highest BCUT2D eigenvalue weighted by Gasteiger charge is 2.23. The number of amides is 1. The second kappa shape index (κ2) is 6.70. The lowest BCUT2D eigenvalue weighted by Gasteiger charge is -2.36. The van der Waals surface area contributed by atoms with Crippen molar-refractivity contribution in [2.24, 2.45) is 0 Å². The van der Waals surface area contributed by atoms with E-state index in [2.05, 4.69) is 39.0 Å². The van der Waals surface area contributed by atoms with Crippen molar-refractivity contribution in [3.63, 3.8) is 0 Å². The zero-order valence-electron chi connectivity index (χ0n) is 13.1. The lowest BCUT2D eigenvalue weighted by molar-refractivity contribution is -0.00545. The Morgan fingerprint density at radius 3 is 2.57 bits per heavy atom. The van der Waals surface area contributed by atoms with Crippen LogP contribution in [0.15, 0.2) is 36.9 Å². The van der Waals surface area contributed by atoms with Crippen molar-refractivity contribution < 1.29 is 9.53 Å². The summed E-state index contributed by atoms with van der Waals surface area (Å²) in [5, 5.41) is 2.76. The number of nitrogens with one attached hydrogen (secondary N) is 1. The van der Waals surface area contributed by atoms with E-state index in [1.54, 1.807) is 6.20 Å². The van der Waals surface area contributed by atoms with Crippen molar-refractivity contribution >= 4 is 17.4 Å². The molecule has 0 unspecified atom stereocenters. The van der Waals surface area contributed by atoms with Crippen LogP contribution in [0.3, 0.4) is 0 Å². The van der Waals surface area contributed by atoms with Gasteiger partial charge in [0.2, 0.25) is 0 Å². The highest BCUT2D eigenvalue weighted by atomic mass is 16.5. The van der Waals surface area contributed by atoms with E-state index in [1.165, 1.54) is 18.6 Å². The molecule has 120 valence electrons. The van der Waals surface area contributed by atoms with E-state index >= 15 is 0 Å². The predicted octanol–water partition coefficient (Wildman–Crippen LogP) is 1.74. The summed E-state index contributed by atoms with van der Waals surface area (Å²) in [6, 6.07) is 3.73. The normalized spacial score (nSPS) is 21.0. The molecule has 0 aromatic carbocycles. The number of rotatable bonds is 3. The van der Waals surface area contributed by atoms with E-state index in [4.69, 9.17) is 4.74 Å². The van der Waals surface area contributed by atoms with Crippen LogP contribution in [0.25, 0.3) is 0 Å². The molecule has 1 N–H and O–H groups in total. The van der Waals surface area contributed by atoms with Gasteiger partial charge in [0.25, 0.3) is 5.91 Å². The van der Waals surface area contributed by atoms with Gasteiger partial charge in [0.15, 0.2) is 0 Å². The molecule has 0 bridgehead atoms. The second-order valence-corrected chi connectivity index (χ2v) is 5.61. The van der Waals surface area contributed by atoms with Crippen molar-refractivity contribution in [1.82, 2.24) is 15.0 Å². The van der Waals surface area contributed by atoms with E-state index in [0.717, 1.165) is 18.9 Å². The molecule has 1 fully saturated rings. The maximum atomic E-state index is 12.0. The van der Waals surface area contributed by atoms with Gasteiger partial charge in [-0.05, 0) is 26.0 Å². The summed E-state index contributed by atoms with van der Waals surface area (Å²) in [5.41, 5.74) is 0.895. The number of anilines is 2. The van der Waals surface area contributed by atoms with Gasteiger partial charge in [0.1, 0.15) is 11.5 Å². The third kappa shape index (κ3) is 3.81. The molecule has 7 nitrogen and oxygen atoms in total. The summed E-state index contributed by atoms with van der Waals surface area (Å²) in [7, 11) is 0. The molecule has 2 atom stereocenters. The minimum absolute atomic E-state index is 0.177. The number of carbonyl (C=O) groups excluding carboxylic acids is 1. The van der Waals surface area contributed by atoms with Gasteiger partial charge in [-0.3, -0.25) is 9.78 Å². The molecule has 1 saturated heterocycles. The molecule has 1 amide bonds. The number of hydrogen-bond donors (Lipinski definition) is 1. The Balaban J connectivity index is 1.66. The first-order valence-electron chi connectivity index (χ1n) is 7.55. The van der Waals surface area contributed by atoms with Crippen molar-refractivity contribution in [2.75, 3.05) is 23.3 Å². The summed E-state index contributed by atoms with van der Waals surface area (Å²) in [4.78, 5) is 26.5. The molecule has 0 saturated carbocycles. The van der Waals surface area contributed by atoms with Crippen LogP contribution in [0.4, 0.5) is 11.5 Å². The monoisotopic (exact) mass is 313 g/mol. The van der Waals surface area contributed by atoms with E-state index in [0.29, 0.717) is 5.69 Å². The van der Waals surface area contributed by atoms with Crippen LogP contribution >= 0.6 is 0 Å². The molecule has 0 spiro atoms. The number of carbonyl (C=O) groups is 1. The largest absolute Gasteiger partial charge is 0.372 e. The van der Waals surface area contributed by atoms with Crippen LogP contribution < -0.4 is 10.2 Å². The fraction of sp³-hybridized carbons (Fsp3) is 0.375. The van der Waals surface area contributed by atoms with Crippen molar-refractivity contribution in [3.8, 4) is 0 Å². The Morgan fingerprint density at radius 2 is 1.96 bits per heavy atom. The van der Waals surface area contributed by atoms with Crippen LogP contribution in [0.5, 0.6) is 0 Å². The molecule has 2 aromatic heterocycles. The Kier molecular flexibility index (Phi) is 4.47. The van der Waals surface area contributed by atoms with Crippen LogP contribution in [-0.2, 0) is 4.74 Å². The number of hydrogen-bond acceptors (Lipinski definition) is 6. The molecule has 23 heavy (non-hydrogen) atoms. The summed E-state index contributed by atoms with van der Waals surface area (Å²) in [6.07, 6.45) is 6.43. The third-order valence-electron chi connectivity index (χ3n) is 3.55. The predicted molar refractivity (Wildman–Crippen MR) is 86.4 cm³/mol. The van der Waals surface area contributed by atoms with E-state index in [9.17, 15) is 4.79 Å². The van der Waals surface area contributed by atoms with Crippen molar-refractivity contribution in [1.29, 1.82) is 0 Å². The van der Waals surface area contributed by atoms with Gasteiger partial charge in [-0.15, -0.1) is 0 Å². The van der Waals surface area contributed by atoms with E-state index in [1.807, 2.05) is 12.1 Å². The standard InChI is InChI=1S/C16H19N5O2/c1-11-9-21(10-12(2)23-11)15-4-3-13(7-19-15)20-16(22)14-8-17-5-6-18-14/h3-8,11-12H,9-10H2,1-2H3,(H,20,22)/t11-,12-/m0/s1. The Morgan fingerprint density at radius 1 is 1.17 bits per heavy atom. The van der Waals surface area contributed by atoms with Crippen LogP contribution in [0.2, 0.25) is 0 Å². The summed E-state index contributed by atoms with van der Waals surface area (Å²) < 4.78 is 5.72. The molecule has 7 heteroatoms. The maximum Gasteiger partial charge on any atom is 0.275 e. The minimum atomic E-state index is -0.304. The van der Waals surface area contributed by atoms with Gasteiger partial charge in [-0.1, -0.05) is 0 Å². The average molecular weight is 313 g/mol. The molecule has 1 aliphatic heterocycles. The van der Waals surface area contributed by atoms with Crippen LogP contribution in [0, 0.1) is 0 Å². The van der Waals surface area contributed by atoms with Gasteiger partial charge in [-0.25, -0.2) is 9.97 Å². The smallest absolute Gasteiger partial charge is 0.275 e.